The minimum atomic E-state index is 0.677. The summed E-state index contributed by atoms with van der Waals surface area (Å²) in [4.78, 5) is 2.66. The second-order valence-electron chi connectivity index (χ2n) is 5.43. The van der Waals surface area contributed by atoms with Gasteiger partial charge < -0.3 is 4.90 Å². The first-order valence-corrected chi connectivity index (χ1v) is 8.36. The van der Waals surface area contributed by atoms with Crippen LogP contribution >= 0.6 is 11.9 Å². The molecule has 2 nitrogen and oxygen atoms in total. The highest BCUT2D eigenvalue weighted by Gasteiger charge is 2.40. The van der Waals surface area contributed by atoms with E-state index in [1.54, 1.807) is 0 Å². The fraction of sp³-hybridized carbons (Fsp3) is 1.00. The van der Waals surface area contributed by atoms with Crippen LogP contribution in [0.2, 0.25) is 0 Å². The quantitative estimate of drug-likeness (QED) is 0.700. The van der Waals surface area contributed by atoms with E-state index in [-0.39, 0.29) is 0 Å². The summed E-state index contributed by atoms with van der Waals surface area (Å²) in [7, 11) is 0. The van der Waals surface area contributed by atoms with Gasteiger partial charge in [-0.05, 0) is 51.3 Å². The van der Waals surface area contributed by atoms with Crippen molar-refractivity contribution < 1.29 is 0 Å². The first kappa shape index (κ1) is 15.3. The molecule has 102 valence electrons. The lowest BCUT2D eigenvalue weighted by Gasteiger charge is -2.38. The summed E-state index contributed by atoms with van der Waals surface area (Å²) in [5, 5.41) is 0. The molecule has 0 aromatic carbocycles. The minimum absolute atomic E-state index is 0.677. The number of hydrogen-bond donors (Lipinski definition) is 0. The van der Waals surface area contributed by atoms with Gasteiger partial charge in [-0.3, -0.25) is 4.31 Å². The van der Waals surface area contributed by atoms with Gasteiger partial charge in [0.25, 0.3) is 0 Å². The average molecular weight is 258 g/mol. The molecule has 17 heavy (non-hydrogen) atoms. The fourth-order valence-corrected chi connectivity index (χ4v) is 3.51. The Hall–Kier alpha value is 0.270. The standard InChI is InChI=1S/C12H24N2S.C2H6/c1-11(2)13-7-4-12(10-13)5-8-14(15-3)9-6-12;1-2/h11H,4-10H2,1-3H3;1-2H3. The number of piperidine rings is 1. The van der Waals surface area contributed by atoms with Crippen LogP contribution in [-0.2, 0) is 0 Å². The number of nitrogens with zero attached hydrogens (tertiary/aromatic N) is 2. The minimum Gasteiger partial charge on any atom is -0.300 e. The van der Waals surface area contributed by atoms with Crippen molar-refractivity contribution in [2.75, 3.05) is 32.4 Å². The van der Waals surface area contributed by atoms with Gasteiger partial charge in [-0.15, -0.1) is 0 Å². The van der Waals surface area contributed by atoms with Gasteiger partial charge in [-0.2, -0.15) is 0 Å². The van der Waals surface area contributed by atoms with Gasteiger partial charge in [0.1, 0.15) is 0 Å². The third-order valence-corrected chi connectivity index (χ3v) is 5.12. The molecule has 2 aliphatic rings. The van der Waals surface area contributed by atoms with Crippen LogP contribution < -0.4 is 0 Å². The van der Waals surface area contributed by atoms with Crippen LogP contribution in [0.4, 0.5) is 0 Å². The van der Waals surface area contributed by atoms with Crippen molar-refractivity contribution in [1.29, 1.82) is 0 Å². The molecule has 0 aliphatic carbocycles. The first-order valence-electron chi connectivity index (χ1n) is 7.18. The molecule has 0 unspecified atom stereocenters. The molecule has 3 heteroatoms. The zero-order valence-electron chi connectivity index (χ0n) is 12.3. The van der Waals surface area contributed by atoms with Crippen molar-refractivity contribution in [2.45, 2.75) is 53.0 Å². The SMILES string of the molecule is CC.CSN1CCC2(CC1)CCN(C(C)C)C2. The van der Waals surface area contributed by atoms with E-state index in [4.69, 9.17) is 0 Å². The fourth-order valence-electron chi connectivity index (χ4n) is 2.96. The zero-order chi connectivity index (χ0) is 12.9. The lowest BCUT2D eigenvalue weighted by molar-refractivity contribution is 0.151. The average Bonchev–Trinajstić information content (AvgIpc) is 2.77. The highest BCUT2D eigenvalue weighted by atomic mass is 32.2. The van der Waals surface area contributed by atoms with Gasteiger partial charge in [-0.1, -0.05) is 25.8 Å². The topological polar surface area (TPSA) is 6.48 Å². The number of rotatable bonds is 2. The smallest absolute Gasteiger partial charge is 0.00950 e. The molecule has 2 rings (SSSR count). The summed E-state index contributed by atoms with van der Waals surface area (Å²) in [5.74, 6) is 0. The lowest BCUT2D eigenvalue weighted by Crippen LogP contribution is -2.39. The van der Waals surface area contributed by atoms with Crippen LogP contribution in [0.1, 0.15) is 47.0 Å². The molecule has 0 radical (unpaired) electrons. The Morgan fingerprint density at radius 2 is 1.53 bits per heavy atom. The Kier molecular flexibility index (Phi) is 6.32. The van der Waals surface area contributed by atoms with Crippen molar-refractivity contribution in [3.8, 4) is 0 Å². The molecule has 1 spiro atoms. The van der Waals surface area contributed by atoms with Crippen molar-refractivity contribution in [2.24, 2.45) is 5.41 Å². The highest BCUT2D eigenvalue weighted by molar-refractivity contribution is 7.96. The maximum Gasteiger partial charge on any atom is 0.00950 e. The van der Waals surface area contributed by atoms with E-state index < -0.39 is 0 Å². The highest BCUT2D eigenvalue weighted by Crippen LogP contribution is 2.41. The van der Waals surface area contributed by atoms with Gasteiger partial charge in [0.15, 0.2) is 0 Å². The second-order valence-corrected chi connectivity index (χ2v) is 6.31. The molecule has 0 saturated carbocycles. The molecule has 0 aromatic rings. The van der Waals surface area contributed by atoms with Crippen molar-refractivity contribution in [3.63, 3.8) is 0 Å². The molecular formula is C14H30N2S. The third kappa shape index (κ3) is 3.87. The van der Waals surface area contributed by atoms with Crippen LogP contribution in [0.5, 0.6) is 0 Å². The summed E-state index contributed by atoms with van der Waals surface area (Å²) >= 11 is 1.91. The molecule has 2 fully saturated rings. The summed E-state index contributed by atoms with van der Waals surface area (Å²) in [6, 6.07) is 0.739. The molecule has 0 amide bonds. The van der Waals surface area contributed by atoms with Gasteiger partial charge in [0.05, 0.1) is 0 Å². The largest absolute Gasteiger partial charge is 0.300 e. The van der Waals surface area contributed by atoms with E-state index >= 15 is 0 Å². The Balaban J connectivity index is 0.000000686. The van der Waals surface area contributed by atoms with Crippen LogP contribution in [-0.4, -0.2) is 47.7 Å². The van der Waals surface area contributed by atoms with E-state index in [0.29, 0.717) is 5.41 Å². The lowest BCUT2D eigenvalue weighted by atomic mass is 9.78. The normalized spacial score (nSPS) is 25.1. The summed E-state index contributed by atoms with van der Waals surface area (Å²) in [5.41, 5.74) is 0.677. The van der Waals surface area contributed by atoms with E-state index in [1.165, 1.54) is 45.4 Å². The van der Waals surface area contributed by atoms with E-state index in [1.807, 2.05) is 25.8 Å². The predicted molar refractivity (Wildman–Crippen MR) is 79.4 cm³/mol. The van der Waals surface area contributed by atoms with E-state index in [9.17, 15) is 0 Å². The van der Waals surface area contributed by atoms with Gasteiger partial charge >= 0.3 is 0 Å². The van der Waals surface area contributed by atoms with Gasteiger partial charge in [0.2, 0.25) is 0 Å². The Labute approximate surface area is 112 Å². The van der Waals surface area contributed by atoms with Crippen molar-refractivity contribution >= 4 is 11.9 Å². The molecule has 2 heterocycles. The molecular weight excluding hydrogens is 228 g/mol. The molecule has 2 saturated heterocycles. The van der Waals surface area contributed by atoms with Crippen molar-refractivity contribution in [3.05, 3.63) is 0 Å². The van der Waals surface area contributed by atoms with Gasteiger partial charge in [0, 0.05) is 25.7 Å². The second kappa shape index (κ2) is 7.01. The van der Waals surface area contributed by atoms with E-state index in [0.717, 1.165) is 6.04 Å². The number of likely N-dealkylation sites (tertiary alicyclic amines) is 1. The maximum atomic E-state index is 2.66. The Morgan fingerprint density at radius 1 is 1.00 bits per heavy atom. The summed E-state index contributed by atoms with van der Waals surface area (Å²) in [6.45, 7) is 13.9. The van der Waals surface area contributed by atoms with Crippen molar-refractivity contribution in [1.82, 2.24) is 9.21 Å². The summed E-state index contributed by atoms with van der Waals surface area (Å²) < 4.78 is 2.52. The third-order valence-electron chi connectivity index (χ3n) is 4.24. The van der Waals surface area contributed by atoms with Gasteiger partial charge in [-0.25, -0.2) is 0 Å². The molecule has 0 atom stereocenters. The van der Waals surface area contributed by atoms with Crippen LogP contribution in [0.15, 0.2) is 0 Å². The monoisotopic (exact) mass is 258 g/mol. The van der Waals surface area contributed by atoms with E-state index in [2.05, 4.69) is 29.3 Å². The first-order chi connectivity index (χ1) is 8.15. The maximum absolute atomic E-state index is 2.66. The summed E-state index contributed by atoms with van der Waals surface area (Å²) in [6.07, 6.45) is 6.47. The molecule has 2 aliphatic heterocycles. The zero-order valence-corrected chi connectivity index (χ0v) is 13.1. The van der Waals surface area contributed by atoms with Crippen LogP contribution in [0.25, 0.3) is 0 Å². The number of hydrogen-bond acceptors (Lipinski definition) is 3. The molecule has 0 N–H and O–H groups in total. The Bertz CT molecular complexity index is 210. The van der Waals surface area contributed by atoms with Crippen LogP contribution in [0.3, 0.4) is 0 Å². The molecule has 0 aromatic heterocycles. The predicted octanol–water partition coefficient (Wildman–Crippen LogP) is 3.49. The molecule has 0 bridgehead atoms. The Morgan fingerprint density at radius 3 is 1.94 bits per heavy atom. The van der Waals surface area contributed by atoms with Crippen LogP contribution in [0, 0.1) is 5.41 Å².